The van der Waals surface area contributed by atoms with Gasteiger partial charge in [-0.05, 0) is 56.4 Å². The molecule has 0 radical (unpaired) electrons. The Hall–Kier alpha value is -1.64. The average Bonchev–Trinajstić information content (AvgIpc) is 3.04. The van der Waals surface area contributed by atoms with E-state index in [9.17, 15) is 13.2 Å². The molecule has 28 heavy (non-hydrogen) atoms. The fourth-order valence-electron chi connectivity index (χ4n) is 4.76. The van der Waals surface area contributed by atoms with Gasteiger partial charge in [-0.3, -0.25) is 4.79 Å². The van der Waals surface area contributed by atoms with Gasteiger partial charge in [-0.15, -0.1) is 0 Å². The van der Waals surface area contributed by atoms with Crippen LogP contribution in [0, 0.1) is 5.41 Å². The van der Waals surface area contributed by atoms with Crippen molar-refractivity contribution in [2.75, 3.05) is 40.0 Å². The number of benzene rings is 1. The van der Waals surface area contributed by atoms with Crippen LogP contribution in [0.3, 0.4) is 0 Å². The minimum Gasteiger partial charge on any atom is -0.497 e. The van der Waals surface area contributed by atoms with Crippen LogP contribution in [0.15, 0.2) is 29.2 Å². The van der Waals surface area contributed by atoms with Crippen LogP contribution in [-0.4, -0.2) is 69.5 Å². The first-order chi connectivity index (χ1) is 13.5. The minimum absolute atomic E-state index is 0.133. The number of hydrogen-bond acceptors (Lipinski definition) is 5. The first kappa shape index (κ1) is 19.7. The molecule has 1 spiro atoms. The Bertz CT molecular complexity index is 820. The van der Waals surface area contributed by atoms with Crippen LogP contribution in [-0.2, 0) is 19.6 Å². The highest BCUT2D eigenvalue weighted by atomic mass is 32.2. The summed E-state index contributed by atoms with van der Waals surface area (Å²) < 4.78 is 38.4. The molecule has 7 nitrogen and oxygen atoms in total. The maximum Gasteiger partial charge on any atom is 0.243 e. The molecule has 8 heteroatoms. The molecule has 1 aromatic carbocycles. The second-order valence-corrected chi connectivity index (χ2v) is 9.93. The van der Waals surface area contributed by atoms with Gasteiger partial charge in [-0.2, -0.15) is 4.31 Å². The molecule has 0 aromatic heterocycles. The van der Waals surface area contributed by atoms with E-state index in [1.54, 1.807) is 31.4 Å². The number of nitrogens with zero attached hydrogens (tertiary/aromatic N) is 2. The van der Waals surface area contributed by atoms with Crippen molar-refractivity contribution in [1.82, 2.24) is 9.21 Å². The number of rotatable bonds is 4. The second-order valence-electron chi connectivity index (χ2n) is 7.99. The number of sulfonamides is 1. The lowest BCUT2D eigenvalue weighted by atomic mass is 9.79. The van der Waals surface area contributed by atoms with E-state index in [4.69, 9.17) is 9.47 Å². The zero-order valence-electron chi connectivity index (χ0n) is 16.3. The molecule has 3 heterocycles. The third kappa shape index (κ3) is 3.42. The summed E-state index contributed by atoms with van der Waals surface area (Å²) in [5.74, 6) is 0.751. The maximum atomic E-state index is 13.3. The standard InChI is InChI=1S/C20H28N2O5S/c1-26-17-3-5-18(6-4-17)28(24,25)21-11-2-9-20(15-21)10-12-22(19(20)23)16-7-13-27-14-8-16/h3-6,16H,2,7-15H2,1H3. The first-order valence-electron chi connectivity index (χ1n) is 9.99. The predicted octanol–water partition coefficient (Wildman–Crippen LogP) is 1.88. The molecule has 1 atom stereocenters. The largest absolute Gasteiger partial charge is 0.497 e. The van der Waals surface area contributed by atoms with Gasteiger partial charge in [-0.25, -0.2) is 8.42 Å². The van der Waals surface area contributed by atoms with Crippen molar-refractivity contribution < 1.29 is 22.7 Å². The van der Waals surface area contributed by atoms with Crippen LogP contribution < -0.4 is 4.74 Å². The highest BCUT2D eigenvalue weighted by Gasteiger charge is 2.52. The molecule has 3 aliphatic heterocycles. The maximum absolute atomic E-state index is 13.3. The molecule has 1 aromatic rings. The SMILES string of the molecule is COc1ccc(S(=O)(=O)N2CCCC3(CCN(C4CCOCC4)C3=O)C2)cc1. The van der Waals surface area contributed by atoms with Gasteiger partial charge in [0.15, 0.2) is 0 Å². The number of likely N-dealkylation sites (tertiary alicyclic amines) is 1. The smallest absolute Gasteiger partial charge is 0.243 e. The summed E-state index contributed by atoms with van der Waals surface area (Å²) in [6.45, 7) is 2.85. The average molecular weight is 409 g/mol. The number of amides is 1. The van der Waals surface area contributed by atoms with Crippen LogP contribution in [0.1, 0.15) is 32.1 Å². The molecule has 0 aliphatic carbocycles. The van der Waals surface area contributed by atoms with Gasteiger partial charge in [0.25, 0.3) is 0 Å². The lowest BCUT2D eigenvalue weighted by Gasteiger charge is -2.39. The number of methoxy groups -OCH3 is 1. The van der Waals surface area contributed by atoms with Crippen LogP contribution in [0.5, 0.6) is 5.75 Å². The summed E-state index contributed by atoms with van der Waals surface area (Å²) in [6, 6.07) is 6.68. The van der Waals surface area contributed by atoms with E-state index >= 15 is 0 Å². The van der Waals surface area contributed by atoms with Crippen molar-refractivity contribution in [3.63, 3.8) is 0 Å². The van der Waals surface area contributed by atoms with Gasteiger partial charge in [0.05, 0.1) is 17.4 Å². The summed E-state index contributed by atoms with van der Waals surface area (Å²) >= 11 is 0. The summed E-state index contributed by atoms with van der Waals surface area (Å²) in [6.07, 6.45) is 3.95. The van der Waals surface area contributed by atoms with Crippen molar-refractivity contribution >= 4 is 15.9 Å². The number of hydrogen-bond donors (Lipinski definition) is 0. The van der Waals surface area contributed by atoms with Crippen molar-refractivity contribution in [2.24, 2.45) is 5.41 Å². The molecule has 4 rings (SSSR count). The van der Waals surface area contributed by atoms with Crippen LogP contribution in [0.2, 0.25) is 0 Å². The van der Waals surface area contributed by atoms with E-state index in [2.05, 4.69) is 0 Å². The summed E-state index contributed by atoms with van der Waals surface area (Å²) in [5.41, 5.74) is -0.573. The number of carbonyl (C=O) groups excluding carboxylic acids is 1. The highest BCUT2D eigenvalue weighted by molar-refractivity contribution is 7.89. The Labute approximate surface area is 166 Å². The third-order valence-electron chi connectivity index (χ3n) is 6.42. The Balaban J connectivity index is 1.53. The van der Waals surface area contributed by atoms with Gasteiger partial charge in [-0.1, -0.05) is 0 Å². The van der Waals surface area contributed by atoms with E-state index < -0.39 is 15.4 Å². The van der Waals surface area contributed by atoms with E-state index in [-0.39, 0.29) is 23.4 Å². The Morgan fingerprint density at radius 1 is 1.11 bits per heavy atom. The van der Waals surface area contributed by atoms with Gasteiger partial charge in [0, 0.05) is 38.9 Å². The van der Waals surface area contributed by atoms with Crippen LogP contribution in [0.4, 0.5) is 0 Å². The van der Waals surface area contributed by atoms with E-state index in [1.165, 1.54) is 4.31 Å². The molecular weight excluding hydrogens is 380 g/mol. The van der Waals surface area contributed by atoms with Crippen LogP contribution in [0.25, 0.3) is 0 Å². The quantitative estimate of drug-likeness (QED) is 0.760. The van der Waals surface area contributed by atoms with Gasteiger partial charge < -0.3 is 14.4 Å². The lowest BCUT2D eigenvalue weighted by Crippen LogP contribution is -2.51. The Morgan fingerprint density at radius 3 is 2.50 bits per heavy atom. The summed E-state index contributed by atoms with van der Waals surface area (Å²) in [7, 11) is -2.08. The molecule has 1 amide bonds. The molecule has 3 fully saturated rings. The van der Waals surface area contributed by atoms with Crippen molar-refractivity contribution in [3.8, 4) is 5.75 Å². The number of piperidine rings is 1. The molecular formula is C20H28N2O5S. The van der Waals surface area contributed by atoms with Gasteiger partial charge >= 0.3 is 0 Å². The zero-order chi connectivity index (χ0) is 19.8. The van der Waals surface area contributed by atoms with Gasteiger partial charge in [0.2, 0.25) is 15.9 Å². The molecule has 0 bridgehead atoms. The fourth-order valence-corrected chi connectivity index (χ4v) is 6.33. The van der Waals surface area contributed by atoms with Crippen molar-refractivity contribution in [3.05, 3.63) is 24.3 Å². The molecule has 3 saturated heterocycles. The molecule has 154 valence electrons. The van der Waals surface area contributed by atoms with Crippen molar-refractivity contribution in [2.45, 2.75) is 43.0 Å². The first-order valence-corrected chi connectivity index (χ1v) is 11.4. The topological polar surface area (TPSA) is 76.2 Å². The number of ether oxygens (including phenoxy) is 2. The summed E-state index contributed by atoms with van der Waals surface area (Å²) in [5, 5.41) is 0. The Kier molecular flexibility index (Phi) is 5.37. The van der Waals surface area contributed by atoms with Crippen LogP contribution >= 0.6 is 0 Å². The number of carbonyl (C=O) groups is 1. The van der Waals surface area contributed by atoms with E-state index in [0.717, 1.165) is 32.2 Å². The molecule has 1 unspecified atom stereocenters. The van der Waals surface area contributed by atoms with E-state index in [1.807, 2.05) is 4.90 Å². The summed E-state index contributed by atoms with van der Waals surface area (Å²) in [4.78, 5) is 15.6. The van der Waals surface area contributed by atoms with Crippen molar-refractivity contribution in [1.29, 1.82) is 0 Å². The zero-order valence-corrected chi connectivity index (χ0v) is 17.1. The Morgan fingerprint density at radius 2 is 1.82 bits per heavy atom. The van der Waals surface area contributed by atoms with Gasteiger partial charge in [0.1, 0.15) is 5.75 Å². The van der Waals surface area contributed by atoms with E-state index in [0.29, 0.717) is 31.9 Å². The highest BCUT2D eigenvalue weighted by Crippen LogP contribution is 2.43. The molecule has 3 aliphatic rings. The predicted molar refractivity (Wildman–Crippen MR) is 104 cm³/mol. The fraction of sp³-hybridized carbons (Fsp3) is 0.650. The third-order valence-corrected chi connectivity index (χ3v) is 8.28. The second kappa shape index (κ2) is 7.65. The normalized spacial score (nSPS) is 27.5. The molecule has 0 saturated carbocycles. The lowest BCUT2D eigenvalue weighted by molar-refractivity contribution is -0.141. The monoisotopic (exact) mass is 408 g/mol. The molecule has 0 N–H and O–H groups in total. The minimum atomic E-state index is -3.63.